The van der Waals surface area contributed by atoms with Gasteiger partial charge in [0.1, 0.15) is 6.07 Å². The largest absolute Gasteiger partial charge is 0.398 e. The topological polar surface area (TPSA) is 65.1 Å². The molecule has 0 aromatic heterocycles. The van der Waals surface area contributed by atoms with Crippen LogP contribution in [0.4, 0.5) is 11.4 Å². The number of nitrogens with zero attached hydrogens (tertiary/aromatic N) is 2. The molecule has 0 unspecified atom stereocenters. The molecule has 0 aliphatic carbocycles. The smallest absolute Gasteiger partial charge is 0.101 e. The second-order valence-corrected chi connectivity index (χ2v) is 3.41. The Kier molecular flexibility index (Phi) is 3.95. The Labute approximate surface area is 90.3 Å². The average Bonchev–Trinajstić information content (AvgIpc) is 2.26. The molecule has 0 radical (unpaired) electrons. The van der Waals surface area contributed by atoms with E-state index in [4.69, 9.17) is 11.0 Å². The summed E-state index contributed by atoms with van der Waals surface area (Å²) in [4.78, 5) is 2.08. The number of nitrogens with two attached hydrogens (primary N) is 1. The molecular weight excluding hydrogens is 188 g/mol. The van der Waals surface area contributed by atoms with E-state index in [9.17, 15) is 0 Å². The van der Waals surface area contributed by atoms with E-state index in [1.54, 1.807) is 6.07 Å². The van der Waals surface area contributed by atoms with Crippen LogP contribution in [0.5, 0.6) is 0 Å². The van der Waals surface area contributed by atoms with Gasteiger partial charge in [-0.15, -0.1) is 0 Å². The zero-order valence-electron chi connectivity index (χ0n) is 9.12. The predicted molar refractivity (Wildman–Crippen MR) is 62.8 cm³/mol. The zero-order chi connectivity index (χ0) is 11.3. The number of benzene rings is 1. The van der Waals surface area contributed by atoms with E-state index in [-0.39, 0.29) is 0 Å². The van der Waals surface area contributed by atoms with Gasteiger partial charge in [0.2, 0.25) is 0 Å². The van der Waals surface area contributed by atoms with Crippen molar-refractivity contribution in [3.8, 4) is 6.07 Å². The van der Waals surface area contributed by atoms with Gasteiger partial charge in [-0.2, -0.15) is 5.26 Å². The monoisotopic (exact) mass is 204 g/mol. The summed E-state index contributed by atoms with van der Waals surface area (Å²) in [6.45, 7) is 1.80. The second-order valence-electron chi connectivity index (χ2n) is 3.41. The lowest BCUT2D eigenvalue weighted by Gasteiger charge is -2.19. The van der Waals surface area contributed by atoms with Crippen LogP contribution in [-0.4, -0.2) is 27.2 Å². The Balaban J connectivity index is 2.82. The third-order valence-electron chi connectivity index (χ3n) is 2.30. The summed E-state index contributed by atoms with van der Waals surface area (Å²) in [7, 11) is 3.90. The minimum absolute atomic E-state index is 0.531. The minimum atomic E-state index is 0.531. The van der Waals surface area contributed by atoms with Crippen LogP contribution in [0.15, 0.2) is 18.2 Å². The van der Waals surface area contributed by atoms with Crippen molar-refractivity contribution in [2.24, 2.45) is 0 Å². The molecule has 1 aromatic rings. The standard InChI is InChI=1S/C11H16N4/c1-14-5-6-15(2)10-3-4-11(13)9(7-10)8-12/h3-4,7,14H,5-6,13H2,1-2H3. The van der Waals surface area contributed by atoms with Gasteiger partial charge in [0, 0.05) is 31.5 Å². The lowest BCUT2D eigenvalue weighted by molar-refractivity contribution is 0.768. The first-order valence-corrected chi connectivity index (χ1v) is 4.84. The lowest BCUT2D eigenvalue weighted by atomic mass is 10.1. The van der Waals surface area contributed by atoms with Crippen LogP contribution in [0.3, 0.4) is 0 Å². The van der Waals surface area contributed by atoms with E-state index in [2.05, 4.69) is 16.3 Å². The maximum Gasteiger partial charge on any atom is 0.101 e. The van der Waals surface area contributed by atoms with Gasteiger partial charge in [-0.1, -0.05) is 0 Å². The van der Waals surface area contributed by atoms with E-state index < -0.39 is 0 Å². The van der Waals surface area contributed by atoms with E-state index in [0.29, 0.717) is 11.3 Å². The Morgan fingerprint density at radius 1 is 1.53 bits per heavy atom. The fraction of sp³-hybridized carbons (Fsp3) is 0.364. The zero-order valence-corrected chi connectivity index (χ0v) is 9.12. The summed E-state index contributed by atoms with van der Waals surface area (Å²) in [6.07, 6.45) is 0. The van der Waals surface area contributed by atoms with Gasteiger partial charge in [0.05, 0.1) is 5.56 Å². The molecule has 0 spiro atoms. The second kappa shape index (κ2) is 5.23. The molecule has 4 heteroatoms. The fourth-order valence-electron chi connectivity index (χ4n) is 1.29. The first-order valence-electron chi connectivity index (χ1n) is 4.84. The van der Waals surface area contributed by atoms with Crippen LogP contribution in [-0.2, 0) is 0 Å². The normalized spacial score (nSPS) is 9.67. The summed E-state index contributed by atoms with van der Waals surface area (Å²) < 4.78 is 0. The summed E-state index contributed by atoms with van der Waals surface area (Å²) in [5.41, 5.74) is 7.72. The molecule has 80 valence electrons. The van der Waals surface area contributed by atoms with Crippen molar-refractivity contribution < 1.29 is 0 Å². The summed E-state index contributed by atoms with van der Waals surface area (Å²) >= 11 is 0. The van der Waals surface area contributed by atoms with Crippen LogP contribution in [0.25, 0.3) is 0 Å². The van der Waals surface area contributed by atoms with Crippen LogP contribution in [0, 0.1) is 11.3 Å². The third kappa shape index (κ3) is 2.86. The number of nitriles is 1. The highest BCUT2D eigenvalue weighted by atomic mass is 15.1. The molecule has 4 nitrogen and oxygen atoms in total. The maximum absolute atomic E-state index is 8.84. The van der Waals surface area contributed by atoms with E-state index in [1.807, 2.05) is 26.2 Å². The number of rotatable bonds is 4. The number of hydrogen-bond donors (Lipinski definition) is 2. The SMILES string of the molecule is CNCCN(C)c1ccc(N)c(C#N)c1. The Morgan fingerprint density at radius 2 is 2.27 bits per heavy atom. The van der Waals surface area contributed by atoms with E-state index >= 15 is 0 Å². The fourth-order valence-corrected chi connectivity index (χ4v) is 1.29. The molecule has 0 heterocycles. The van der Waals surface area contributed by atoms with Crippen LogP contribution < -0.4 is 16.0 Å². The number of anilines is 2. The van der Waals surface area contributed by atoms with Crippen molar-refractivity contribution in [1.82, 2.24) is 5.32 Å². The van der Waals surface area contributed by atoms with Gasteiger partial charge in [0.25, 0.3) is 0 Å². The molecule has 0 bridgehead atoms. The van der Waals surface area contributed by atoms with Gasteiger partial charge in [-0.25, -0.2) is 0 Å². The molecule has 3 N–H and O–H groups in total. The summed E-state index contributed by atoms with van der Waals surface area (Å²) in [5, 5.41) is 11.9. The molecule has 0 aliphatic heterocycles. The highest BCUT2D eigenvalue weighted by molar-refractivity contribution is 5.62. The van der Waals surface area contributed by atoms with Crippen LogP contribution in [0.1, 0.15) is 5.56 Å². The van der Waals surface area contributed by atoms with E-state index in [1.165, 1.54) is 0 Å². The Morgan fingerprint density at radius 3 is 2.87 bits per heavy atom. The van der Waals surface area contributed by atoms with Gasteiger partial charge < -0.3 is 16.0 Å². The first kappa shape index (κ1) is 11.3. The van der Waals surface area contributed by atoms with Gasteiger partial charge in [0.15, 0.2) is 0 Å². The van der Waals surface area contributed by atoms with Crippen LogP contribution in [0.2, 0.25) is 0 Å². The number of nitrogens with one attached hydrogen (secondary N) is 1. The molecule has 0 atom stereocenters. The van der Waals surface area contributed by atoms with Crippen molar-refractivity contribution in [1.29, 1.82) is 5.26 Å². The van der Waals surface area contributed by atoms with Crippen LogP contribution >= 0.6 is 0 Å². The molecule has 1 aromatic carbocycles. The molecule has 0 fully saturated rings. The van der Waals surface area contributed by atoms with Crippen molar-refractivity contribution in [3.63, 3.8) is 0 Å². The number of hydrogen-bond acceptors (Lipinski definition) is 4. The lowest BCUT2D eigenvalue weighted by Crippen LogP contribution is -2.27. The molecule has 1 rings (SSSR count). The van der Waals surface area contributed by atoms with Gasteiger partial charge >= 0.3 is 0 Å². The molecule has 0 saturated heterocycles. The predicted octanol–water partition coefficient (Wildman–Crippen LogP) is 0.796. The highest BCUT2D eigenvalue weighted by Gasteiger charge is 2.03. The molecular formula is C11H16N4. The molecule has 0 saturated carbocycles. The first-order chi connectivity index (χ1) is 7.19. The van der Waals surface area contributed by atoms with Crippen molar-refractivity contribution in [2.45, 2.75) is 0 Å². The Hall–Kier alpha value is -1.73. The molecule has 0 aliphatic rings. The van der Waals surface area contributed by atoms with Gasteiger partial charge in [-0.3, -0.25) is 0 Å². The summed E-state index contributed by atoms with van der Waals surface area (Å²) in [6, 6.07) is 7.58. The Bertz CT molecular complexity index is 367. The molecule has 0 amide bonds. The van der Waals surface area contributed by atoms with Crippen molar-refractivity contribution in [2.75, 3.05) is 37.8 Å². The minimum Gasteiger partial charge on any atom is -0.398 e. The highest BCUT2D eigenvalue weighted by Crippen LogP contribution is 2.19. The van der Waals surface area contributed by atoms with Gasteiger partial charge in [-0.05, 0) is 25.2 Å². The number of nitrogen functional groups attached to an aromatic ring is 1. The number of likely N-dealkylation sites (N-methyl/N-ethyl adjacent to an activating group) is 2. The quantitative estimate of drug-likeness (QED) is 0.712. The maximum atomic E-state index is 8.84. The molecule has 15 heavy (non-hydrogen) atoms. The van der Waals surface area contributed by atoms with E-state index in [0.717, 1.165) is 18.8 Å². The van der Waals surface area contributed by atoms with Crippen molar-refractivity contribution in [3.05, 3.63) is 23.8 Å². The average molecular weight is 204 g/mol. The third-order valence-corrected chi connectivity index (χ3v) is 2.30. The summed E-state index contributed by atoms with van der Waals surface area (Å²) in [5.74, 6) is 0. The van der Waals surface area contributed by atoms with Crippen molar-refractivity contribution >= 4 is 11.4 Å².